The van der Waals surface area contributed by atoms with Crippen molar-refractivity contribution in [2.45, 2.75) is 24.4 Å². The van der Waals surface area contributed by atoms with Gasteiger partial charge in [-0.05, 0) is 38.9 Å². The van der Waals surface area contributed by atoms with E-state index in [4.69, 9.17) is 0 Å². The average Bonchev–Trinajstić information content (AvgIpc) is 2.26. The largest absolute Gasteiger partial charge is 0.309 e. The third kappa shape index (κ3) is 4.56. The van der Waals surface area contributed by atoms with E-state index in [0.717, 1.165) is 13.1 Å². The highest BCUT2D eigenvalue weighted by Gasteiger charge is 2.04. The van der Waals surface area contributed by atoms with Crippen molar-refractivity contribution in [1.29, 1.82) is 0 Å². The highest BCUT2D eigenvalue weighted by Crippen LogP contribution is 2.19. The summed E-state index contributed by atoms with van der Waals surface area (Å²) in [7, 11) is 4.21. The van der Waals surface area contributed by atoms with Gasteiger partial charge in [0, 0.05) is 24.0 Å². The Balaban J connectivity index is 2.47. The Kier molecular flexibility index (Phi) is 5.88. The molecule has 0 aliphatic rings. The summed E-state index contributed by atoms with van der Waals surface area (Å²) < 4.78 is 0. The fraction of sp³-hybridized carbons (Fsp3) is 0.538. The molecule has 0 aromatic heterocycles. The highest BCUT2D eigenvalue weighted by molar-refractivity contribution is 7.98. The Hall–Kier alpha value is -0.510. The first kappa shape index (κ1) is 13.6. The fourth-order valence-electron chi connectivity index (χ4n) is 1.75. The van der Waals surface area contributed by atoms with Crippen molar-refractivity contribution in [3.63, 3.8) is 0 Å². The zero-order valence-corrected chi connectivity index (χ0v) is 11.5. The number of rotatable bonds is 6. The Bertz CT molecular complexity index is 313. The van der Waals surface area contributed by atoms with Crippen molar-refractivity contribution in [2.75, 3.05) is 26.9 Å². The minimum atomic E-state index is 0.518. The van der Waals surface area contributed by atoms with Gasteiger partial charge in [-0.15, -0.1) is 11.8 Å². The molecule has 1 N–H and O–H groups in total. The van der Waals surface area contributed by atoms with E-state index in [0.29, 0.717) is 6.04 Å². The van der Waals surface area contributed by atoms with Crippen LogP contribution in [-0.4, -0.2) is 37.8 Å². The zero-order chi connectivity index (χ0) is 12.0. The fourth-order valence-corrected chi connectivity index (χ4v) is 2.36. The van der Waals surface area contributed by atoms with E-state index in [-0.39, 0.29) is 0 Å². The second-order valence-corrected chi connectivity index (χ2v) is 5.20. The lowest BCUT2D eigenvalue weighted by Crippen LogP contribution is -2.35. The molecule has 0 spiro atoms. The van der Waals surface area contributed by atoms with Crippen LogP contribution in [0.15, 0.2) is 29.2 Å². The number of benzene rings is 1. The van der Waals surface area contributed by atoms with Crippen LogP contribution in [0.4, 0.5) is 0 Å². The minimum Gasteiger partial charge on any atom is -0.309 e. The van der Waals surface area contributed by atoms with Crippen LogP contribution >= 0.6 is 11.8 Å². The topological polar surface area (TPSA) is 15.3 Å². The van der Waals surface area contributed by atoms with Crippen molar-refractivity contribution in [3.05, 3.63) is 29.8 Å². The lowest BCUT2D eigenvalue weighted by Gasteiger charge is -2.19. The van der Waals surface area contributed by atoms with Crippen LogP contribution in [0.5, 0.6) is 0 Å². The molecule has 16 heavy (non-hydrogen) atoms. The summed E-state index contributed by atoms with van der Waals surface area (Å²) in [6, 6.07) is 9.09. The maximum atomic E-state index is 3.55. The van der Waals surface area contributed by atoms with Gasteiger partial charge in [0.2, 0.25) is 0 Å². The molecular weight excluding hydrogens is 216 g/mol. The second kappa shape index (κ2) is 6.94. The van der Waals surface area contributed by atoms with Gasteiger partial charge in [-0.25, -0.2) is 0 Å². The number of nitrogens with zero attached hydrogens (tertiary/aromatic N) is 1. The van der Waals surface area contributed by atoms with E-state index in [1.165, 1.54) is 10.5 Å². The molecule has 3 heteroatoms. The monoisotopic (exact) mass is 238 g/mol. The van der Waals surface area contributed by atoms with Gasteiger partial charge < -0.3 is 10.2 Å². The molecule has 0 bridgehead atoms. The maximum absolute atomic E-state index is 3.55. The molecule has 1 aromatic carbocycles. The smallest absolute Gasteiger partial charge is 0.0219 e. The van der Waals surface area contributed by atoms with Crippen molar-refractivity contribution in [3.8, 4) is 0 Å². The molecule has 1 unspecified atom stereocenters. The number of hydrogen-bond donors (Lipinski definition) is 1. The summed E-state index contributed by atoms with van der Waals surface area (Å²) in [4.78, 5) is 3.57. The number of hydrogen-bond acceptors (Lipinski definition) is 3. The van der Waals surface area contributed by atoms with Gasteiger partial charge in [0.15, 0.2) is 0 Å². The Morgan fingerprint density at radius 2 is 2.00 bits per heavy atom. The van der Waals surface area contributed by atoms with Gasteiger partial charge in [-0.2, -0.15) is 0 Å². The quantitative estimate of drug-likeness (QED) is 0.766. The summed E-state index contributed by atoms with van der Waals surface area (Å²) in [6.07, 6.45) is 2.13. The van der Waals surface area contributed by atoms with Crippen LogP contribution < -0.4 is 5.32 Å². The van der Waals surface area contributed by atoms with Gasteiger partial charge in [0.1, 0.15) is 0 Å². The number of thioether (sulfide) groups is 1. The first-order valence-corrected chi connectivity index (χ1v) is 6.86. The Labute approximate surface area is 103 Å². The third-order valence-electron chi connectivity index (χ3n) is 2.47. The van der Waals surface area contributed by atoms with Crippen LogP contribution in [0.3, 0.4) is 0 Å². The van der Waals surface area contributed by atoms with Gasteiger partial charge in [-0.1, -0.05) is 18.2 Å². The first-order chi connectivity index (χ1) is 7.63. The molecular formula is C13H22N2S. The third-order valence-corrected chi connectivity index (χ3v) is 3.31. The summed E-state index contributed by atoms with van der Waals surface area (Å²) in [5.74, 6) is 0. The minimum absolute atomic E-state index is 0.518. The standard InChI is InChI=1S/C13H22N2S/c1-11(10-15(2)3)14-9-12-7-5-6-8-13(12)16-4/h5-8,11,14H,9-10H2,1-4H3. The van der Waals surface area contributed by atoms with E-state index >= 15 is 0 Å². The van der Waals surface area contributed by atoms with Crippen molar-refractivity contribution in [1.82, 2.24) is 10.2 Å². The molecule has 1 rings (SSSR count). The molecule has 1 atom stereocenters. The van der Waals surface area contributed by atoms with E-state index in [2.05, 4.69) is 61.8 Å². The van der Waals surface area contributed by atoms with Crippen LogP contribution in [0.25, 0.3) is 0 Å². The molecule has 0 radical (unpaired) electrons. The van der Waals surface area contributed by atoms with Crippen LogP contribution in [0, 0.1) is 0 Å². The molecule has 1 aromatic rings. The molecule has 0 fully saturated rings. The van der Waals surface area contributed by atoms with Crippen LogP contribution in [0.1, 0.15) is 12.5 Å². The van der Waals surface area contributed by atoms with E-state index < -0.39 is 0 Å². The predicted molar refractivity (Wildman–Crippen MR) is 73.1 cm³/mol. The van der Waals surface area contributed by atoms with Gasteiger partial charge >= 0.3 is 0 Å². The maximum Gasteiger partial charge on any atom is 0.0219 e. The molecule has 90 valence electrons. The van der Waals surface area contributed by atoms with Crippen molar-refractivity contribution < 1.29 is 0 Å². The van der Waals surface area contributed by atoms with E-state index in [1.54, 1.807) is 0 Å². The Morgan fingerprint density at radius 1 is 1.31 bits per heavy atom. The molecule has 0 saturated heterocycles. The predicted octanol–water partition coefficient (Wildman–Crippen LogP) is 2.45. The van der Waals surface area contributed by atoms with Gasteiger partial charge in [0.25, 0.3) is 0 Å². The van der Waals surface area contributed by atoms with Gasteiger partial charge in [-0.3, -0.25) is 0 Å². The molecule has 0 heterocycles. The second-order valence-electron chi connectivity index (χ2n) is 4.36. The SMILES string of the molecule is CSc1ccccc1CNC(C)CN(C)C. The van der Waals surface area contributed by atoms with E-state index in [9.17, 15) is 0 Å². The lowest BCUT2D eigenvalue weighted by molar-refractivity contribution is 0.348. The summed E-state index contributed by atoms with van der Waals surface area (Å²) in [5.41, 5.74) is 1.39. The normalized spacial score (nSPS) is 13.1. The van der Waals surface area contributed by atoms with E-state index in [1.807, 2.05) is 11.8 Å². The molecule has 0 aliphatic heterocycles. The molecule has 2 nitrogen and oxygen atoms in total. The summed E-state index contributed by atoms with van der Waals surface area (Å²) in [6.45, 7) is 4.25. The summed E-state index contributed by atoms with van der Waals surface area (Å²) >= 11 is 1.81. The van der Waals surface area contributed by atoms with Crippen LogP contribution in [-0.2, 0) is 6.54 Å². The summed E-state index contributed by atoms with van der Waals surface area (Å²) in [5, 5.41) is 3.55. The average molecular weight is 238 g/mol. The van der Waals surface area contributed by atoms with Crippen molar-refractivity contribution in [2.24, 2.45) is 0 Å². The first-order valence-electron chi connectivity index (χ1n) is 5.63. The lowest BCUT2D eigenvalue weighted by atomic mass is 10.2. The Morgan fingerprint density at radius 3 is 2.62 bits per heavy atom. The van der Waals surface area contributed by atoms with Crippen LogP contribution in [0.2, 0.25) is 0 Å². The molecule has 0 amide bonds. The molecule has 0 aliphatic carbocycles. The molecule has 0 saturated carbocycles. The zero-order valence-electron chi connectivity index (χ0n) is 10.7. The van der Waals surface area contributed by atoms with Crippen molar-refractivity contribution >= 4 is 11.8 Å². The number of likely N-dealkylation sites (N-methyl/N-ethyl adjacent to an activating group) is 1. The highest BCUT2D eigenvalue weighted by atomic mass is 32.2. The number of nitrogens with one attached hydrogen (secondary N) is 1. The van der Waals surface area contributed by atoms with Gasteiger partial charge in [0.05, 0.1) is 0 Å².